The summed E-state index contributed by atoms with van der Waals surface area (Å²) >= 11 is 3.28. The molecule has 1 unspecified atom stereocenters. The average molecular weight is 179 g/mol. The predicted molar refractivity (Wildman–Crippen MR) is 39.4 cm³/mol. The van der Waals surface area contributed by atoms with Gasteiger partial charge < -0.3 is 4.74 Å². The molecule has 0 aromatic carbocycles. The van der Waals surface area contributed by atoms with Crippen molar-refractivity contribution >= 4 is 15.9 Å². The number of halogens is 1. The predicted octanol–water partition coefficient (Wildman–Crippen LogP) is 1.97. The van der Waals surface area contributed by atoms with E-state index in [-0.39, 0.29) is 6.10 Å². The second-order valence-corrected chi connectivity index (χ2v) is 2.03. The molecule has 0 amide bonds. The van der Waals surface area contributed by atoms with Crippen molar-refractivity contribution in [2.24, 2.45) is 0 Å². The minimum Gasteiger partial charge on any atom is -0.374 e. The minimum absolute atomic E-state index is 0.181. The molecule has 2 heteroatoms. The Kier molecular flexibility index (Phi) is 5.44. The summed E-state index contributed by atoms with van der Waals surface area (Å²) in [7, 11) is 0. The first kappa shape index (κ1) is 8.18. The molecule has 0 aromatic heterocycles. The van der Waals surface area contributed by atoms with Gasteiger partial charge in [0.25, 0.3) is 0 Å². The van der Waals surface area contributed by atoms with Crippen LogP contribution in [0.25, 0.3) is 0 Å². The Bertz CT molecular complexity index is 63.5. The Hall–Kier alpha value is 0.180. The second-order valence-electron chi connectivity index (χ2n) is 1.38. The first-order chi connectivity index (χ1) is 3.85. The molecule has 0 fully saturated rings. The topological polar surface area (TPSA) is 9.23 Å². The van der Waals surface area contributed by atoms with E-state index < -0.39 is 0 Å². The third kappa shape index (κ3) is 3.22. The average Bonchev–Trinajstić information content (AvgIpc) is 1.83. The Morgan fingerprint density at radius 1 is 1.88 bits per heavy atom. The Morgan fingerprint density at radius 2 is 2.50 bits per heavy atom. The van der Waals surface area contributed by atoms with Gasteiger partial charge in [0.15, 0.2) is 0 Å². The third-order valence-corrected chi connectivity index (χ3v) is 1.43. The summed E-state index contributed by atoms with van der Waals surface area (Å²) in [5, 5.41) is 0.838. The maximum absolute atomic E-state index is 5.18. The molecular weight excluding hydrogens is 168 g/mol. The maximum Gasteiger partial charge on any atom is 0.0849 e. The van der Waals surface area contributed by atoms with Crippen LogP contribution in [0.1, 0.15) is 6.92 Å². The van der Waals surface area contributed by atoms with Crippen LogP contribution in [0.4, 0.5) is 0 Å². The highest BCUT2D eigenvalue weighted by atomic mass is 79.9. The summed E-state index contributed by atoms with van der Waals surface area (Å²) in [5.74, 6) is 0. The molecule has 0 saturated heterocycles. The molecule has 1 atom stereocenters. The smallest absolute Gasteiger partial charge is 0.0849 e. The molecule has 0 rings (SSSR count). The molecule has 1 nitrogen and oxygen atoms in total. The summed E-state index contributed by atoms with van der Waals surface area (Å²) in [5.41, 5.74) is 0. The van der Waals surface area contributed by atoms with E-state index in [9.17, 15) is 0 Å². The van der Waals surface area contributed by atoms with Crippen LogP contribution in [0.2, 0.25) is 0 Å². The van der Waals surface area contributed by atoms with Crippen LogP contribution < -0.4 is 0 Å². The van der Waals surface area contributed by atoms with E-state index in [2.05, 4.69) is 22.5 Å². The van der Waals surface area contributed by atoms with Crippen molar-refractivity contribution in [2.45, 2.75) is 13.0 Å². The van der Waals surface area contributed by atoms with Crippen LogP contribution >= 0.6 is 15.9 Å². The molecule has 0 radical (unpaired) electrons. The van der Waals surface area contributed by atoms with Gasteiger partial charge in [0.05, 0.1) is 6.10 Å². The van der Waals surface area contributed by atoms with E-state index >= 15 is 0 Å². The fraction of sp³-hybridized carbons (Fsp3) is 0.667. The van der Waals surface area contributed by atoms with Gasteiger partial charge in [0.1, 0.15) is 0 Å². The highest BCUT2D eigenvalue weighted by molar-refractivity contribution is 9.09. The summed E-state index contributed by atoms with van der Waals surface area (Å²) < 4.78 is 5.18. The highest BCUT2D eigenvalue weighted by Gasteiger charge is 1.96. The van der Waals surface area contributed by atoms with Crippen molar-refractivity contribution in [1.82, 2.24) is 0 Å². The molecule has 0 bridgehead atoms. The second kappa shape index (κ2) is 5.32. The fourth-order valence-electron chi connectivity index (χ4n) is 0.390. The minimum atomic E-state index is 0.181. The number of alkyl halides is 1. The molecule has 48 valence electrons. The molecule has 0 aliphatic rings. The van der Waals surface area contributed by atoms with Crippen molar-refractivity contribution in [3.8, 4) is 0 Å². The van der Waals surface area contributed by atoms with Gasteiger partial charge in [-0.05, 0) is 6.92 Å². The monoisotopic (exact) mass is 178 g/mol. The van der Waals surface area contributed by atoms with Crippen LogP contribution in [0.15, 0.2) is 12.7 Å². The zero-order valence-electron chi connectivity index (χ0n) is 5.06. The van der Waals surface area contributed by atoms with Gasteiger partial charge in [-0.15, -0.1) is 6.58 Å². The van der Waals surface area contributed by atoms with Crippen LogP contribution in [0.5, 0.6) is 0 Å². The van der Waals surface area contributed by atoms with Crippen LogP contribution in [-0.4, -0.2) is 18.0 Å². The van der Waals surface area contributed by atoms with Gasteiger partial charge >= 0.3 is 0 Å². The molecule has 0 saturated carbocycles. The van der Waals surface area contributed by atoms with Gasteiger partial charge in [-0.2, -0.15) is 0 Å². The van der Waals surface area contributed by atoms with Gasteiger partial charge in [-0.1, -0.05) is 22.0 Å². The van der Waals surface area contributed by atoms with Gasteiger partial charge in [0, 0.05) is 11.9 Å². The van der Waals surface area contributed by atoms with Crippen molar-refractivity contribution < 1.29 is 4.74 Å². The number of hydrogen-bond donors (Lipinski definition) is 0. The molecule has 0 aromatic rings. The van der Waals surface area contributed by atoms with Crippen LogP contribution in [0, 0.1) is 0 Å². The fourth-order valence-corrected chi connectivity index (χ4v) is 0.841. The van der Waals surface area contributed by atoms with Crippen molar-refractivity contribution in [3.63, 3.8) is 0 Å². The normalized spacial score (nSPS) is 13.2. The van der Waals surface area contributed by atoms with E-state index in [1.807, 2.05) is 6.92 Å². The highest BCUT2D eigenvalue weighted by Crippen LogP contribution is 1.96. The molecule has 0 N–H and O–H groups in total. The first-order valence-electron chi connectivity index (χ1n) is 2.65. The lowest BCUT2D eigenvalue weighted by Crippen LogP contribution is -2.09. The molecule has 0 heterocycles. The molecule has 0 aliphatic carbocycles. The number of ether oxygens (including phenoxy) is 1. The largest absolute Gasteiger partial charge is 0.374 e. The van der Waals surface area contributed by atoms with E-state index in [1.54, 1.807) is 6.08 Å². The maximum atomic E-state index is 5.18. The lowest BCUT2D eigenvalue weighted by atomic mass is 10.4. The van der Waals surface area contributed by atoms with Gasteiger partial charge in [-0.3, -0.25) is 0 Å². The third-order valence-electron chi connectivity index (χ3n) is 0.796. The number of rotatable bonds is 4. The lowest BCUT2D eigenvalue weighted by molar-refractivity contribution is 0.114. The van der Waals surface area contributed by atoms with Gasteiger partial charge in [0.2, 0.25) is 0 Å². The van der Waals surface area contributed by atoms with Crippen LogP contribution in [0.3, 0.4) is 0 Å². The first-order valence-corrected chi connectivity index (χ1v) is 3.77. The van der Waals surface area contributed by atoms with Gasteiger partial charge in [-0.25, -0.2) is 0 Å². The summed E-state index contributed by atoms with van der Waals surface area (Å²) in [6, 6.07) is 0. The van der Waals surface area contributed by atoms with Crippen LogP contribution in [-0.2, 0) is 4.74 Å². The van der Waals surface area contributed by atoms with Crippen molar-refractivity contribution in [1.29, 1.82) is 0 Å². The van der Waals surface area contributed by atoms with E-state index in [4.69, 9.17) is 4.74 Å². The van der Waals surface area contributed by atoms with Crippen molar-refractivity contribution in [2.75, 3.05) is 11.9 Å². The Balaban J connectivity index is 3.21. The van der Waals surface area contributed by atoms with E-state index in [0.717, 1.165) is 11.9 Å². The number of hydrogen-bond acceptors (Lipinski definition) is 1. The zero-order chi connectivity index (χ0) is 6.41. The SMILES string of the molecule is C=CC(CBr)OCC. The Labute approximate surface area is 58.9 Å². The molecule has 8 heavy (non-hydrogen) atoms. The Morgan fingerprint density at radius 3 is 2.62 bits per heavy atom. The molecule has 0 spiro atoms. The standard InChI is InChI=1S/C6H11BrO/c1-3-6(5-7)8-4-2/h3,6H,1,4-5H2,2H3. The zero-order valence-corrected chi connectivity index (χ0v) is 6.65. The van der Waals surface area contributed by atoms with E-state index in [0.29, 0.717) is 0 Å². The summed E-state index contributed by atoms with van der Waals surface area (Å²) in [6.45, 7) is 6.32. The summed E-state index contributed by atoms with van der Waals surface area (Å²) in [4.78, 5) is 0. The molecule has 0 aliphatic heterocycles. The molecular formula is C6H11BrO. The lowest BCUT2D eigenvalue weighted by Gasteiger charge is -2.06. The quantitative estimate of drug-likeness (QED) is 0.473. The van der Waals surface area contributed by atoms with Crippen molar-refractivity contribution in [3.05, 3.63) is 12.7 Å². The van der Waals surface area contributed by atoms with E-state index in [1.165, 1.54) is 0 Å². The summed E-state index contributed by atoms with van der Waals surface area (Å²) in [6.07, 6.45) is 1.97.